The van der Waals surface area contributed by atoms with E-state index in [1.54, 1.807) is 6.92 Å². The van der Waals surface area contributed by atoms with Gasteiger partial charge in [0, 0.05) is 18.8 Å². The molecule has 0 aliphatic rings. The van der Waals surface area contributed by atoms with Crippen molar-refractivity contribution in [3.63, 3.8) is 0 Å². The van der Waals surface area contributed by atoms with Crippen LogP contribution in [-0.2, 0) is 9.84 Å². The van der Waals surface area contributed by atoms with Crippen LogP contribution in [0, 0.1) is 0 Å². The summed E-state index contributed by atoms with van der Waals surface area (Å²) in [5.74, 6) is 0.561. The van der Waals surface area contributed by atoms with Crippen LogP contribution in [0.5, 0.6) is 0 Å². The van der Waals surface area contributed by atoms with Crippen LogP contribution in [-0.4, -0.2) is 58.1 Å². The number of likely N-dealkylation sites (N-methyl/N-ethyl adjacent to an activating group) is 1. The van der Waals surface area contributed by atoms with E-state index in [4.69, 9.17) is 0 Å². The Balaban J connectivity index is 3.33. The summed E-state index contributed by atoms with van der Waals surface area (Å²) in [7, 11) is -0.705. The van der Waals surface area contributed by atoms with Gasteiger partial charge in [0.2, 0.25) is 0 Å². The van der Waals surface area contributed by atoms with E-state index in [0.29, 0.717) is 12.2 Å². The fraction of sp³-hybridized carbons (Fsp3) is 1.00. The standard InChI is InChI=1S/C10H24N2O2S/c1-4-12(3)9-8-11-7-6-10-15(13,14)5-2/h11H,4-10H2,1-3H3. The van der Waals surface area contributed by atoms with Crippen molar-refractivity contribution in [1.82, 2.24) is 10.2 Å². The lowest BCUT2D eigenvalue weighted by atomic mass is 10.4. The van der Waals surface area contributed by atoms with E-state index in [1.165, 1.54) is 0 Å². The number of sulfone groups is 1. The fourth-order valence-electron chi connectivity index (χ4n) is 1.11. The molecule has 0 aliphatic carbocycles. The highest BCUT2D eigenvalue weighted by Gasteiger charge is 2.05. The fourth-order valence-corrected chi connectivity index (χ4v) is 1.99. The van der Waals surface area contributed by atoms with E-state index >= 15 is 0 Å². The molecule has 0 aromatic carbocycles. The van der Waals surface area contributed by atoms with Gasteiger partial charge in [-0.05, 0) is 26.6 Å². The molecule has 0 aromatic rings. The van der Waals surface area contributed by atoms with Crippen LogP contribution in [0.25, 0.3) is 0 Å². The van der Waals surface area contributed by atoms with Crippen LogP contribution < -0.4 is 5.32 Å². The number of hydrogen-bond acceptors (Lipinski definition) is 4. The van der Waals surface area contributed by atoms with Gasteiger partial charge in [-0.3, -0.25) is 0 Å². The van der Waals surface area contributed by atoms with Crippen molar-refractivity contribution in [3.8, 4) is 0 Å². The first-order valence-electron chi connectivity index (χ1n) is 5.61. The summed E-state index contributed by atoms with van der Waals surface area (Å²) >= 11 is 0. The van der Waals surface area contributed by atoms with Gasteiger partial charge in [0.05, 0.1) is 5.75 Å². The van der Waals surface area contributed by atoms with E-state index in [0.717, 1.165) is 26.2 Å². The van der Waals surface area contributed by atoms with Gasteiger partial charge < -0.3 is 10.2 Å². The summed E-state index contributed by atoms with van der Waals surface area (Å²) in [5, 5.41) is 3.24. The van der Waals surface area contributed by atoms with Crippen LogP contribution in [0.15, 0.2) is 0 Å². The minimum atomic E-state index is -2.78. The number of hydrogen-bond donors (Lipinski definition) is 1. The molecule has 0 fully saturated rings. The first-order chi connectivity index (χ1) is 7.02. The maximum Gasteiger partial charge on any atom is 0.150 e. The largest absolute Gasteiger partial charge is 0.315 e. The molecule has 0 saturated heterocycles. The Labute approximate surface area is 94.0 Å². The Morgan fingerprint density at radius 2 is 1.87 bits per heavy atom. The molecule has 0 rings (SSSR count). The van der Waals surface area contributed by atoms with Crippen LogP contribution in [0.3, 0.4) is 0 Å². The van der Waals surface area contributed by atoms with E-state index in [9.17, 15) is 8.42 Å². The Bertz CT molecular complexity index is 240. The third-order valence-electron chi connectivity index (χ3n) is 2.46. The highest BCUT2D eigenvalue weighted by Crippen LogP contribution is 1.91. The van der Waals surface area contributed by atoms with E-state index < -0.39 is 9.84 Å². The van der Waals surface area contributed by atoms with Gasteiger partial charge in [0.1, 0.15) is 9.84 Å². The molecule has 0 spiro atoms. The van der Waals surface area contributed by atoms with Crippen molar-refractivity contribution in [3.05, 3.63) is 0 Å². The molecule has 1 N–H and O–H groups in total. The Morgan fingerprint density at radius 1 is 1.20 bits per heavy atom. The van der Waals surface area contributed by atoms with Crippen molar-refractivity contribution >= 4 is 9.84 Å². The van der Waals surface area contributed by atoms with Crippen LogP contribution >= 0.6 is 0 Å². The van der Waals surface area contributed by atoms with Crippen molar-refractivity contribution in [2.24, 2.45) is 0 Å². The molecule has 0 radical (unpaired) electrons. The van der Waals surface area contributed by atoms with Crippen molar-refractivity contribution in [2.45, 2.75) is 20.3 Å². The van der Waals surface area contributed by atoms with Gasteiger partial charge in [-0.2, -0.15) is 0 Å². The predicted molar refractivity (Wildman–Crippen MR) is 65.0 cm³/mol. The van der Waals surface area contributed by atoms with Crippen molar-refractivity contribution in [2.75, 3.05) is 44.7 Å². The number of rotatable bonds is 9. The summed E-state index contributed by atoms with van der Waals surface area (Å²) < 4.78 is 22.3. The van der Waals surface area contributed by atoms with E-state index in [-0.39, 0.29) is 5.75 Å². The molecule has 0 heterocycles. The van der Waals surface area contributed by atoms with Gasteiger partial charge in [0.15, 0.2) is 0 Å². The lowest BCUT2D eigenvalue weighted by Crippen LogP contribution is -2.30. The smallest absolute Gasteiger partial charge is 0.150 e. The summed E-state index contributed by atoms with van der Waals surface area (Å²) in [5.41, 5.74) is 0. The Morgan fingerprint density at radius 3 is 2.40 bits per heavy atom. The van der Waals surface area contributed by atoms with Gasteiger partial charge >= 0.3 is 0 Å². The summed E-state index contributed by atoms with van der Waals surface area (Å²) in [6.07, 6.45) is 0.714. The summed E-state index contributed by atoms with van der Waals surface area (Å²) in [4.78, 5) is 2.22. The molecule has 5 heteroatoms. The first kappa shape index (κ1) is 14.9. The minimum Gasteiger partial charge on any atom is -0.315 e. The zero-order valence-electron chi connectivity index (χ0n) is 10.1. The van der Waals surface area contributed by atoms with Crippen LogP contribution in [0.2, 0.25) is 0 Å². The normalized spacial score (nSPS) is 12.3. The molecule has 0 aliphatic heterocycles. The zero-order chi connectivity index (χ0) is 11.7. The SMILES string of the molecule is CCN(C)CCNCCCS(=O)(=O)CC. The first-order valence-corrected chi connectivity index (χ1v) is 7.43. The van der Waals surface area contributed by atoms with E-state index in [1.807, 2.05) is 0 Å². The van der Waals surface area contributed by atoms with Gasteiger partial charge in [-0.1, -0.05) is 13.8 Å². The number of nitrogens with one attached hydrogen (secondary N) is 1. The van der Waals surface area contributed by atoms with Gasteiger partial charge in [0.25, 0.3) is 0 Å². The monoisotopic (exact) mass is 236 g/mol. The second-order valence-electron chi connectivity index (χ2n) is 3.74. The average Bonchev–Trinajstić information content (AvgIpc) is 2.22. The second kappa shape index (κ2) is 8.07. The highest BCUT2D eigenvalue weighted by molar-refractivity contribution is 7.91. The Kier molecular flexibility index (Phi) is 8.00. The maximum absolute atomic E-state index is 11.2. The van der Waals surface area contributed by atoms with E-state index in [2.05, 4.69) is 24.2 Å². The second-order valence-corrected chi connectivity index (χ2v) is 6.21. The quantitative estimate of drug-likeness (QED) is 0.587. The number of nitrogens with zero attached hydrogens (tertiary/aromatic N) is 1. The molecule has 0 bridgehead atoms. The maximum atomic E-state index is 11.2. The average molecular weight is 236 g/mol. The topological polar surface area (TPSA) is 49.4 Å². The summed E-state index contributed by atoms with van der Waals surface area (Å²) in [6.45, 7) is 7.59. The molecular weight excluding hydrogens is 212 g/mol. The third kappa shape index (κ3) is 8.84. The molecule has 0 saturated carbocycles. The molecule has 0 aromatic heterocycles. The van der Waals surface area contributed by atoms with Crippen molar-refractivity contribution < 1.29 is 8.42 Å². The Hall–Kier alpha value is -0.130. The van der Waals surface area contributed by atoms with Crippen LogP contribution in [0.4, 0.5) is 0 Å². The predicted octanol–water partition coefficient (Wildman–Crippen LogP) is 0.353. The van der Waals surface area contributed by atoms with Crippen molar-refractivity contribution in [1.29, 1.82) is 0 Å². The molecule has 0 unspecified atom stereocenters. The third-order valence-corrected chi connectivity index (χ3v) is 4.25. The zero-order valence-corrected chi connectivity index (χ0v) is 10.9. The minimum absolute atomic E-state index is 0.256. The molecular formula is C10H24N2O2S. The van der Waals surface area contributed by atoms with Gasteiger partial charge in [-0.25, -0.2) is 8.42 Å². The molecule has 4 nitrogen and oxygen atoms in total. The summed E-state index contributed by atoms with van der Waals surface area (Å²) in [6, 6.07) is 0. The van der Waals surface area contributed by atoms with Crippen LogP contribution in [0.1, 0.15) is 20.3 Å². The lowest BCUT2D eigenvalue weighted by Gasteiger charge is -2.13. The van der Waals surface area contributed by atoms with Gasteiger partial charge in [-0.15, -0.1) is 0 Å². The lowest BCUT2D eigenvalue weighted by molar-refractivity contribution is 0.349. The molecule has 15 heavy (non-hydrogen) atoms. The molecule has 0 amide bonds. The molecule has 92 valence electrons. The molecule has 0 atom stereocenters. The highest BCUT2D eigenvalue weighted by atomic mass is 32.2.